The summed E-state index contributed by atoms with van der Waals surface area (Å²) in [5.74, 6) is 0.188. The highest BCUT2D eigenvalue weighted by Gasteiger charge is 2.28. The average Bonchev–Trinajstić information content (AvgIpc) is 2.94. The van der Waals surface area contributed by atoms with Crippen LogP contribution < -0.4 is 0 Å². The first kappa shape index (κ1) is 10.7. The lowest BCUT2D eigenvalue weighted by Gasteiger charge is -2.09. The molecule has 17 heavy (non-hydrogen) atoms. The third kappa shape index (κ3) is 2.03. The highest BCUT2D eigenvalue weighted by atomic mass is 32.2. The van der Waals surface area contributed by atoms with Crippen molar-refractivity contribution in [2.75, 3.05) is 0 Å². The normalized spacial score (nSPS) is 23.9. The van der Waals surface area contributed by atoms with Gasteiger partial charge in [0.1, 0.15) is 0 Å². The molecule has 1 aliphatic rings. The van der Waals surface area contributed by atoms with Gasteiger partial charge in [-0.1, -0.05) is 30.3 Å². The van der Waals surface area contributed by atoms with E-state index in [1.807, 2.05) is 24.3 Å². The van der Waals surface area contributed by atoms with Crippen molar-refractivity contribution in [3.63, 3.8) is 0 Å². The second-order valence-electron chi connectivity index (χ2n) is 4.38. The molecule has 0 spiro atoms. The number of H-pyrrole nitrogens is 1. The van der Waals surface area contributed by atoms with E-state index in [-0.39, 0.29) is 5.92 Å². The molecule has 1 fully saturated rings. The number of hydrogen-bond acceptors (Lipinski definition) is 3. The van der Waals surface area contributed by atoms with Gasteiger partial charge in [0.05, 0.1) is 23.0 Å². The number of hydrogen-bond donors (Lipinski definition) is 1. The van der Waals surface area contributed by atoms with Crippen LogP contribution in [-0.2, 0) is 0 Å². The third-order valence-electron chi connectivity index (χ3n) is 3.25. The molecule has 2 aromatic rings. The van der Waals surface area contributed by atoms with Crippen molar-refractivity contribution < 1.29 is 0 Å². The number of fused-ring (bicyclic) bond motifs is 1. The Morgan fingerprint density at radius 2 is 2.24 bits per heavy atom. The van der Waals surface area contributed by atoms with E-state index in [4.69, 9.17) is 5.26 Å². The van der Waals surface area contributed by atoms with Crippen molar-refractivity contribution in [2.45, 2.75) is 29.7 Å². The van der Waals surface area contributed by atoms with Crippen LogP contribution in [0.1, 0.15) is 19.3 Å². The number of rotatable bonds is 2. The standard InChI is InChI=1S/C13H13N3S/c14-8-9-4-3-7-12(9)17-13-15-10-5-1-2-6-11(10)16-13/h1-2,5-6,9,12H,3-4,7H2,(H,15,16). The lowest BCUT2D eigenvalue weighted by Crippen LogP contribution is -2.07. The Hall–Kier alpha value is -1.47. The fourth-order valence-electron chi connectivity index (χ4n) is 2.34. The van der Waals surface area contributed by atoms with E-state index >= 15 is 0 Å². The maximum Gasteiger partial charge on any atom is 0.166 e. The van der Waals surface area contributed by atoms with Gasteiger partial charge in [0.15, 0.2) is 5.16 Å². The molecule has 86 valence electrons. The minimum absolute atomic E-state index is 0.188. The number of nitriles is 1. The molecule has 0 saturated heterocycles. The number of nitrogens with one attached hydrogen (secondary N) is 1. The fourth-order valence-corrected chi connectivity index (χ4v) is 3.60. The Kier molecular flexibility index (Phi) is 2.77. The van der Waals surface area contributed by atoms with Crippen LogP contribution in [0.4, 0.5) is 0 Å². The first-order valence-electron chi connectivity index (χ1n) is 5.88. The molecule has 0 bridgehead atoms. The monoisotopic (exact) mass is 243 g/mol. The van der Waals surface area contributed by atoms with Crippen molar-refractivity contribution in [2.24, 2.45) is 5.92 Å². The minimum Gasteiger partial charge on any atom is -0.333 e. The fraction of sp³-hybridized carbons (Fsp3) is 0.385. The van der Waals surface area contributed by atoms with Crippen LogP contribution in [0.15, 0.2) is 29.4 Å². The zero-order valence-corrected chi connectivity index (χ0v) is 10.2. The molecule has 1 saturated carbocycles. The lowest BCUT2D eigenvalue weighted by molar-refractivity contribution is 0.713. The number of aromatic amines is 1. The minimum atomic E-state index is 0.188. The SMILES string of the molecule is N#CC1CCCC1Sc1nc2ccccc2[nH]1. The molecule has 0 aliphatic heterocycles. The number of para-hydroxylation sites is 2. The van der Waals surface area contributed by atoms with Gasteiger partial charge in [-0.05, 0) is 25.0 Å². The summed E-state index contributed by atoms with van der Waals surface area (Å²) in [7, 11) is 0. The molecule has 1 heterocycles. The van der Waals surface area contributed by atoms with Crippen LogP contribution >= 0.6 is 11.8 Å². The van der Waals surface area contributed by atoms with Gasteiger partial charge in [-0.15, -0.1) is 0 Å². The van der Waals surface area contributed by atoms with Crippen molar-refractivity contribution in [3.05, 3.63) is 24.3 Å². The summed E-state index contributed by atoms with van der Waals surface area (Å²) < 4.78 is 0. The quantitative estimate of drug-likeness (QED) is 0.880. The molecular weight excluding hydrogens is 230 g/mol. The van der Waals surface area contributed by atoms with Gasteiger partial charge in [-0.2, -0.15) is 5.26 Å². The first-order chi connectivity index (χ1) is 8.36. The summed E-state index contributed by atoms with van der Waals surface area (Å²) in [6.07, 6.45) is 3.32. The van der Waals surface area contributed by atoms with Gasteiger partial charge in [0.2, 0.25) is 0 Å². The van der Waals surface area contributed by atoms with Crippen molar-refractivity contribution >= 4 is 22.8 Å². The van der Waals surface area contributed by atoms with E-state index in [9.17, 15) is 0 Å². The summed E-state index contributed by atoms with van der Waals surface area (Å²) in [5.41, 5.74) is 2.07. The second-order valence-corrected chi connectivity index (χ2v) is 5.61. The number of aromatic nitrogens is 2. The van der Waals surface area contributed by atoms with Crippen LogP contribution in [0.2, 0.25) is 0 Å². The summed E-state index contributed by atoms with van der Waals surface area (Å²) >= 11 is 1.72. The van der Waals surface area contributed by atoms with Crippen molar-refractivity contribution in [3.8, 4) is 6.07 Å². The van der Waals surface area contributed by atoms with Gasteiger partial charge in [0.25, 0.3) is 0 Å². The smallest absolute Gasteiger partial charge is 0.166 e. The predicted molar refractivity (Wildman–Crippen MR) is 68.7 cm³/mol. The zero-order valence-electron chi connectivity index (χ0n) is 9.39. The van der Waals surface area contributed by atoms with Gasteiger partial charge >= 0.3 is 0 Å². The summed E-state index contributed by atoms with van der Waals surface area (Å²) in [4.78, 5) is 7.85. The first-order valence-corrected chi connectivity index (χ1v) is 6.76. The highest BCUT2D eigenvalue weighted by Crippen LogP contribution is 2.37. The molecule has 2 atom stereocenters. The topological polar surface area (TPSA) is 52.5 Å². The summed E-state index contributed by atoms with van der Waals surface area (Å²) in [6.45, 7) is 0. The van der Waals surface area contributed by atoms with Crippen LogP contribution in [0, 0.1) is 17.2 Å². The van der Waals surface area contributed by atoms with E-state index in [1.54, 1.807) is 11.8 Å². The molecule has 1 aromatic carbocycles. The Morgan fingerprint density at radius 3 is 3.06 bits per heavy atom. The molecule has 0 amide bonds. The second kappa shape index (κ2) is 4.42. The Labute approximate surface area is 104 Å². The molecule has 1 N–H and O–H groups in total. The summed E-state index contributed by atoms with van der Waals surface area (Å²) in [5, 5.41) is 10.4. The van der Waals surface area contributed by atoms with Gasteiger partial charge in [-0.25, -0.2) is 4.98 Å². The van der Waals surface area contributed by atoms with E-state index in [1.165, 1.54) is 0 Å². The van der Waals surface area contributed by atoms with Crippen LogP contribution in [0.3, 0.4) is 0 Å². The molecule has 3 rings (SSSR count). The van der Waals surface area contributed by atoms with Gasteiger partial charge in [-0.3, -0.25) is 0 Å². The van der Waals surface area contributed by atoms with E-state index < -0.39 is 0 Å². The largest absolute Gasteiger partial charge is 0.333 e. The number of imidazole rings is 1. The van der Waals surface area contributed by atoms with Crippen molar-refractivity contribution in [1.82, 2.24) is 9.97 Å². The molecule has 3 nitrogen and oxygen atoms in total. The van der Waals surface area contributed by atoms with E-state index in [0.717, 1.165) is 35.5 Å². The molecule has 4 heteroatoms. The number of thioether (sulfide) groups is 1. The third-order valence-corrected chi connectivity index (χ3v) is 4.53. The van der Waals surface area contributed by atoms with Crippen molar-refractivity contribution in [1.29, 1.82) is 5.26 Å². The lowest BCUT2D eigenvalue weighted by atomic mass is 10.1. The molecule has 1 aromatic heterocycles. The van der Waals surface area contributed by atoms with Crippen LogP contribution in [0.25, 0.3) is 11.0 Å². The maximum absolute atomic E-state index is 9.06. The average molecular weight is 243 g/mol. The number of benzene rings is 1. The molecule has 0 radical (unpaired) electrons. The molecule has 1 aliphatic carbocycles. The molecule has 2 unspecified atom stereocenters. The van der Waals surface area contributed by atoms with Gasteiger partial charge in [0, 0.05) is 5.25 Å². The Balaban J connectivity index is 1.83. The Bertz CT molecular complexity index is 536. The van der Waals surface area contributed by atoms with Crippen LogP contribution in [-0.4, -0.2) is 15.2 Å². The molecular formula is C13H13N3S. The van der Waals surface area contributed by atoms with E-state index in [2.05, 4.69) is 16.0 Å². The van der Waals surface area contributed by atoms with Crippen LogP contribution in [0.5, 0.6) is 0 Å². The van der Waals surface area contributed by atoms with Gasteiger partial charge < -0.3 is 4.98 Å². The predicted octanol–water partition coefficient (Wildman–Crippen LogP) is 3.35. The zero-order chi connectivity index (χ0) is 11.7. The highest BCUT2D eigenvalue weighted by molar-refractivity contribution is 7.99. The summed E-state index contributed by atoms with van der Waals surface area (Å²) in [6, 6.07) is 10.4. The van der Waals surface area contributed by atoms with E-state index in [0.29, 0.717) is 5.25 Å². The maximum atomic E-state index is 9.06. The Morgan fingerprint density at radius 1 is 1.35 bits per heavy atom. The number of nitrogens with zero attached hydrogens (tertiary/aromatic N) is 2.